The highest BCUT2D eigenvalue weighted by Crippen LogP contribution is 2.34. The van der Waals surface area contributed by atoms with Gasteiger partial charge in [-0.2, -0.15) is 0 Å². The molecule has 0 aliphatic carbocycles. The van der Waals surface area contributed by atoms with E-state index in [0.29, 0.717) is 13.0 Å². The van der Waals surface area contributed by atoms with Gasteiger partial charge in [0.2, 0.25) is 5.91 Å². The van der Waals surface area contributed by atoms with Crippen molar-refractivity contribution in [1.29, 1.82) is 0 Å². The minimum absolute atomic E-state index is 0.179. The summed E-state index contributed by atoms with van der Waals surface area (Å²) in [6.45, 7) is 1.38. The number of aryl methyl sites for hydroxylation is 2. The van der Waals surface area contributed by atoms with Crippen LogP contribution in [0.3, 0.4) is 0 Å². The maximum absolute atomic E-state index is 12.7. The number of fused-ring (bicyclic) bond motifs is 2. The molecule has 7 rings (SSSR count). The Hall–Kier alpha value is -4.89. The number of rotatable bonds is 11. The molecule has 3 aromatic carbocycles. The fraction of sp³-hybridized carbons (Fsp3) is 0.286. The van der Waals surface area contributed by atoms with Gasteiger partial charge in [-0.3, -0.25) is 9.69 Å². The number of carbonyl (C=O) groups excluding carboxylic acids is 1. The molecule has 3 aromatic heterocycles. The molecule has 44 heavy (non-hydrogen) atoms. The molecule has 9 heteroatoms. The fourth-order valence-electron chi connectivity index (χ4n) is 6.78. The lowest BCUT2D eigenvalue weighted by Gasteiger charge is -2.31. The van der Waals surface area contributed by atoms with Gasteiger partial charge >= 0.3 is 0 Å². The number of primary amides is 1. The minimum atomic E-state index is -0.342. The summed E-state index contributed by atoms with van der Waals surface area (Å²) in [6, 6.07) is 24.3. The average molecular weight is 588 g/mol. The Balaban J connectivity index is 1.29. The number of likely N-dealkylation sites (tertiary alicyclic amines) is 1. The van der Waals surface area contributed by atoms with Gasteiger partial charge in [-0.15, -0.1) is 10.2 Å². The number of nitrogens with one attached hydrogen (secondary N) is 2. The minimum Gasteiger partial charge on any atom is -0.497 e. The number of methoxy groups -OCH3 is 1. The van der Waals surface area contributed by atoms with E-state index in [1.54, 1.807) is 7.11 Å². The first-order valence-corrected chi connectivity index (χ1v) is 15.3. The zero-order valence-electron chi connectivity index (χ0n) is 24.9. The highest BCUT2D eigenvalue weighted by molar-refractivity contribution is 5.84. The van der Waals surface area contributed by atoms with Crippen LogP contribution in [-0.4, -0.2) is 55.2 Å². The Bertz CT molecular complexity index is 1900. The van der Waals surface area contributed by atoms with E-state index < -0.39 is 0 Å². The Kier molecular flexibility index (Phi) is 7.62. The molecule has 0 bridgehead atoms. The van der Waals surface area contributed by atoms with E-state index >= 15 is 0 Å². The standard InChI is InChI=1S/C35H37N7O2/c1-44-26-15-12-23(13-16-26)22-42-33(17-14-24-20-37-29-9-4-2-7-27(24)29)39-40-35(42)32(41-18-6-11-31(41)34(36)43)19-25-21-38-30-10-5-3-8-28(25)30/h2-5,7-10,12-13,15-16,20-21,31-32,37-38H,6,11,14,17-19,22H2,1H3,(H2,36,43)/t31-,32-/m1/s1. The third kappa shape index (κ3) is 5.35. The molecule has 4 heterocycles. The topological polar surface area (TPSA) is 118 Å². The number of para-hydroxylation sites is 2. The van der Waals surface area contributed by atoms with Gasteiger partial charge in [0.05, 0.1) is 25.7 Å². The van der Waals surface area contributed by atoms with E-state index in [1.165, 1.54) is 21.9 Å². The molecule has 1 saturated heterocycles. The molecule has 9 nitrogen and oxygen atoms in total. The molecule has 1 aliphatic heterocycles. The van der Waals surface area contributed by atoms with E-state index in [0.717, 1.165) is 66.2 Å². The van der Waals surface area contributed by atoms with Gasteiger partial charge in [0, 0.05) is 40.6 Å². The quantitative estimate of drug-likeness (QED) is 0.190. The van der Waals surface area contributed by atoms with Crippen LogP contribution in [-0.2, 0) is 30.6 Å². The van der Waals surface area contributed by atoms with Crippen LogP contribution in [0.2, 0.25) is 0 Å². The molecular formula is C35H37N7O2. The van der Waals surface area contributed by atoms with Gasteiger partial charge in [0.15, 0.2) is 5.82 Å². The van der Waals surface area contributed by atoms with Crippen molar-refractivity contribution < 1.29 is 9.53 Å². The van der Waals surface area contributed by atoms with E-state index in [4.69, 9.17) is 20.7 Å². The Labute approximate surface area is 256 Å². The third-order valence-corrected chi connectivity index (χ3v) is 9.06. The van der Waals surface area contributed by atoms with Crippen molar-refractivity contribution in [2.24, 2.45) is 5.73 Å². The highest BCUT2D eigenvalue weighted by Gasteiger charge is 2.38. The van der Waals surface area contributed by atoms with Crippen molar-refractivity contribution in [1.82, 2.24) is 29.6 Å². The van der Waals surface area contributed by atoms with E-state index in [-0.39, 0.29) is 18.0 Å². The average Bonchev–Trinajstić information content (AvgIpc) is 3.86. The lowest BCUT2D eigenvalue weighted by molar-refractivity contribution is -0.123. The van der Waals surface area contributed by atoms with Gasteiger partial charge in [-0.1, -0.05) is 48.5 Å². The monoisotopic (exact) mass is 587 g/mol. The maximum Gasteiger partial charge on any atom is 0.234 e. The van der Waals surface area contributed by atoms with Gasteiger partial charge < -0.3 is 25.0 Å². The van der Waals surface area contributed by atoms with Crippen LogP contribution < -0.4 is 10.5 Å². The first-order chi connectivity index (χ1) is 21.6. The number of aromatic amines is 2. The number of H-pyrrole nitrogens is 2. The van der Waals surface area contributed by atoms with Crippen molar-refractivity contribution in [2.75, 3.05) is 13.7 Å². The summed E-state index contributed by atoms with van der Waals surface area (Å²) in [4.78, 5) is 21.7. The number of nitrogens with zero attached hydrogens (tertiary/aromatic N) is 4. The van der Waals surface area contributed by atoms with Crippen molar-refractivity contribution in [2.45, 2.75) is 50.7 Å². The number of aromatic nitrogens is 5. The number of amides is 1. The maximum atomic E-state index is 12.7. The van der Waals surface area contributed by atoms with Crippen LogP contribution in [0, 0.1) is 0 Å². The number of carbonyl (C=O) groups is 1. The van der Waals surface area contributed by atoms with Gasteiger partial charge in [-0.05, 0) is 73.2 Å². The Morgan fingerprint density at radius 1 is 0.932 bits per heavy atom. The Morgan fingerprint density at radius 2 is 1.61 bits per heavy atom. The SMILES string of the molecule is COc1ccc(Cn2c(CCc3c[nH]c4ccccc34)nnc2[C@@H](Cc2c[nH]c3ccccc23)N2CCC[C@@H]2C(N)=O)cc1. The van der Waals surface area contributed by atoms with E-state index in [9.17, 15) is 4.79 Å². The summed E-state index contributed by atoms with van der Waals surface area (Å²) in [5.41, 5.74) is 11.7. The van der Waals surface area contributed by atoms with Crippen LogP contribution in [0.4, 0.5) is 0 Å². The van der Waals surface area contributed by atoms with Crippen molar-refractivity contribution >= 4 is 27.7 Å². The van der Waals surface area contributed by atoms with Crippen LogP contribution in [0.5, 0.6) is 5.75 Å². The summed E-state index contributed by atoms with van der Waals surface area (Å²) in [5, 5.41) is 12.1. The molecule has 1 amide bonds. The molecule has 224 valence electrons. The third-order valence-electron chi connectivity index (χ3n) is 9.06. The number of benzene rings is 3. The van der Waals surface area contributed by atoms with Crippen LogP contribution in [0.25, 0.3) is 21.8 Å². The highest BCUT2D eigenvalue weighted by atomic mass is 16.5. The van der Waals surface area contributed by atoms with Crippen molar-refractivity contribution in [3.05, 3.63) is 114 Å². The van der Waals surface area contributed by atoms with Crippen LogP contribution >= 0.6 is 0 Å². The molecule has 0 radical (unpaired) electrons. The molecule has 0 spiro atoms. The zero-order chi connectivity index (χ0) is 30.0. The summed E-state index contributed by atoms with van der Waals surface area (Å²) in [6.07, 6.45) is 8.07. The molecule has 0 saturated carbocycles. The normalized spacial score (nSPS) is 16.2. The van der Waals surface area contributed by atoms with Crippen molar-refractivity contribution in [3.63, 3.8) is 0 Å². The molecule has 0 unspecified atom stereocenters. The predicted octanol–water partition coefficient (Wildman–Crippen LogP) is 5.32. The second kappa shape index (κ2) is 12.0. The van der Waals surface area contributed by atoms with Crippen molar-refractivity contribution in [3.8, 4) is 5.75 Å². The first kappa shape index (κ1) is 27.9. The Morgan fingerprint density at radius 3 is 2.32 bits per heavy atom. The summed E-state index contributed by atoms with van der Waals surface area (Å²) < 4.78 is 7.67. The summed E-state index contributed by atoms with van der Waals surface area (Å²) >= 11 is 0. The number of hydrogen-bond donors (Lipinski definition) is 3. The van der Waals surface area contributed by atoms with Crippen LogP contribution in [0.15, 0.2) is 85.2 Å². The number of ether oxygens (including phenoxy) is 1. The second-order valence-corrected chi connectivity index (χ2v) is 11.6. The van der Waals surface area contributed by atoms with E-state index in [1.807, 2.05) is 24.3 Å². The van der Waals surface area contributed by atoms with Gasteiger partial charge in [-0.25, -0.2) is 0 Å². The molecule has 1 fully saturated rings. The summed E-state index contributed by atoms with van der Waals surface area (Å²) in [5.74, 6) is 2.30. The molecule has 4 N–H and O–H groups in total. The first-order valence-electron chi connectivity index (χ1n) is 15.3. The predicted molar refractivity (Wildman–Crippen MR) is 171 cm³/mol. The molecule has 2 atom stereocenters. The largest absolute Gasteiger partial charge is 0.497 e. The fourth-order valence-corrected chi connectivity index (χ4v) is 6.78. The van der Waals surface area contributed by atoms with E-state index in [2.05, 4.69) is 80.4 Å². The number of nitrogens with two attached hydrogens (primary N) is 1. The van der Waals surface area contributed by atoms with Gasteiger partial charge in [0.25, 0.3) is 0 Å². The number of hydrogen-bond acceptors (Lipinski definition) is 5. The van der Waals surface area contributed by atoms with Gasteiger partial charge in [0.1, 0.15) is 11.6 Å². The molecular weight excluding hydrogens is 550 g/mol. The lowest BCUT2D eigenvalue weighted by Crippen LogP contribution is -2.43. The lowest BCUT2D eigenvalue weighted by atomic mass is 10.0. The molecule has 6 aromatic rings. The summed E-state index contributed by atoms with van der Waals surface area (Å²) in [7, 11) is 1.68. The second-order valence-electron chi connectivity index (χ2n) is 11.6. The smallest absolute Gasteiger partial charge is 0.234 e. The van der Waals surface area contributed by atoms with Crippen LogP contribution in [0.1, 0.15) is 47.2 Å². The zero-order valence-corrected chi connectivity index (χ0v) is 24.9. The molecule has 1 aliphatic rings.